The Kier molecular flexibility index (Phi) is 5.37. The summed E-state index contributed by atoms with van der Waals surface area (Å²) in [6, 6.07) is 17.7. The quantitative estimate of drug-likeness (QED) is 0.632. The first-order chi connectivity index (χ1) is 12.1. The standard InChI is InChI=1S/C19H16Cl2N4/c20-17-7-6-15(18(21)10-17)8-9-19(11-22,12-25-14-23-13-24-25)16-4-2-1-3-5-16/h1-7,10,13-14H,8-9,12H2. The molecule has 1 aromatic heterocycles. The highest BCUT2D eigenvalue weighted by Crippen LogP contribution is 2.32. The van der Waals surface area contributed by atoms with Crippen LogP contribution in [0.2, 0.25) is 10.0 Å². The molecule has 0 aliphatic carbocycles. The molecule has 6 heteroatoms. The summed E-state index contributed by atoms with van der Waals surface area (Å²) in [5, 5.41) is 15.4. The minimum absolute atomic E-state index is 0.429. The molecule has 0 N–H and O–H groups in total. The molecular formula is C19H16Cl2N4. The molecule has 0 fully saturated rings. The zero-order valence-corrected chi connectivity index (χ0v) is 15.0. The lowest BCUT2D eigenvalue weighted by Gasteiger charge is -2.27. The van der Waals surface area contributed by atoms with Gasteiger partial charge in [0, 0.05) is 10.0 Å². The van der Waals surface area contributed by atoms with Gasteiger partial charge in [-0.05, 0) is 36.1 Å². The summed E-state index contributed by atoms with van der Waals surface area (Å²) in [6.07, 6.45) is 4.37. The second-order valence-corrected chi connectivity index (χ2v) is 6.73. The van der Waals surface area contributed by atoms with E-state index in [4.69, 9.17) is 23.2 Å². The minimum atomic E-state index is -0.724. The van der Waals surface area contributed by atoms with Gasteiger partial charge in [0.05, 0.1) is 12.6 Å². The van der Waals surface area contributed by atoms with Gasteiger partial charge in [0.25, 0.3) is 0 Å². The summed E-state index contributed by atoms with van der Waals surface area (Å²) in [5.74, 6) is 0. The van der Waals surface area contributed by atoms with Gasteiger partial charge >= 0.3 is 0 Å². The van der Waals surface area contributed by atoms with Gasteiger partial charge in [-0.15, -0.1) is 0 Å². The lowest BCUT2D eigenvalue weighted by molar-refractivity contribution is 0.402. The van der Waals surface area contributed by atoms with Crippen LogP contribution in [0.15, 0.2) is 61.2 Å². The van der Waals surface area contributed by atoms with Gasteiger partial charge in [0.2, 0.25) is 0 Å². The molecule has 1 atom stereocenters. The van der Waals surface area contributed by atoms with Crippen molar-refractivity contribution in [2.45, 2.75) is 24.8 Å². The number of benzene rings is 2. The molecule has 0 saturated carbocycles. The van der Waals surface area contributed by atoms with E-state index >= 15 is 0 Å². The van der Waals surface area contributed by atoms with Crippen molar-refractivity contribution < 1.29 is 0 Å². The molecule has 25 heavy (non-hydrogen) atoms. The van der Waals surface area contributed by atoms with Crippen molar-refractivity contribution in [3.63, 3.8) is 0 Å². The number of hydrogen-bond acceptors (Lipinski definition) is 3. The molecule has 3 rings (SSSR count). The van der Waals surface area contributed by atoms with E-state index in [0.29, 0.717) is 29.4 Å². The van der Waals surface area contributed by atoms with Crippen LogP contribution >= 0.6 is 23.2 Å². The fourth-order valence-corrected chi connectivity index (χ4v) is 3.39. The van der Waals surface area contributed by atoms with Crippen molar-refractivity contribution in [2.24, 2.45) is 0 Å². The first kappa shape index (κ1) is 17.5. The highest BCUT2D eigenvalue weighted by atomic mass is 35.5. The Balaban J connectivity index is 1.92. The van der Waals surface area contributed by atoms with Crippen molar-refractivity contribution >= 4 is 23.2 Å². The van der Waals surface area contributed by atoms with E-state index in [1.54, 1.807) is 17.1 Å². The maximum Gasteiger partial charge on any atom is 0.137 e. The second kappa shape index (κ2) is 7.69. The summed E-state index contributed by atoms with van der Waals surface area (Å²) < 4.78 is 1.69. The van der Waals surface area contributed by atoms with E-state index < -0.39 is 5.41 Å². The summed E-state index contributed by atoms with van der Waals surface area (Å²) >= 11 is 12.3. The first-order valence-corrected chi connectivity index (χ1v) is 8.62. The van der Waals surface area contributed by atoms with Crippen molar-refractivity contribution in [3.05, 3.63) is 82.4 Å². The zero-order chi connectivity index (χ0) is 17.7. The number of halogens is 2. The van der Waals surface area contributed by atoms with Crippen LogP contribution in [-0.2, 0) is 18.4 Å². The molecule has 2 aromatic carbocycles. The fourth-order valence-electron chi connectivity index (χ4n) is 2.89. The maximum atomic E-state index is 10.1. The van der Waals surface area contributed by atoms with Gasteiger partial charge in [-0.3, -0.25) is 4.68 Å². The monoisotopic (exact) mass is 370 g/mol. The smallest absolute Gasteiger partial charge is 0.137 e. The average molecular weight is 371 g/mol. The van der Waals surface area contributed by atoms with Crippen LogP contribution in [0.25, 0.3) is 0 Å². The third kappa shape index (κ3) is 4.01. The van der Waals surface area contributed by atoms with Gasteiger partial charge in [0.1, 0.15) is 18.1 Å². The van der Waals surface area contributed by atoms with Gasteiger partial charge in [-0.1, -0.05) is 59.6 Å². The highest BCUT2D eigenvalue weighted by Gasteiger charge is 2.33. The molecule has 1 heterocycles. The molecule has 3 aromatic rings. The van der Waals surface area contributed by atoms with Crippen LogP contribution < -0.4 is 0 Å². The van der Waals surface area contributed by atoms with E-state index in [9.17, 15) is 5.26 Å². The zero-order valence-electron chi connectivity index (χ0n) is 13.4. The Bertz CT molecular complexity index is 872. The Labute approximate surface area is 156 Å². The van der Waals surface area contributed by atoms with Crippen molar-refractivity contribution in [2.75, 3.05) is 0 Å². The minimum Gasteiger partial charge on any atom is -0.251 e. The van der Waals surface area contributed by atoms with Crippen LogP contribution in [0.4, 0.5) is 0 Å². The molecule has 0 saturated heterocycles. The second-order valence-electron chi connectivity index (χ2n) is 5.89. The maximum absolute atomic E-state index is 10.1. The molecule has 0 bridgehead atoms. The third-order valence-electron chi connectivity index (χ3n) is 4.28. The van der Waals surface area contributed by atoms with Crippen molar-refractivity contribution in [1.82, 2.24) is 14.8 Å². The number of aryl methyl sites for hydroxylation is 1. The van der Waals surface area contributed by atoms with Crippen LogP contribution in [0.3, 0.4) is 0 Å². The van der Waals surface area contributed by atoms with Crippen LogP contribution in [0, 0.1) is 11.3 Å². The van der Waals surface area contributed by atoms with Gasteiger partial charge in [0.15, 0.2) is 0 Å². The summed E-state index contributed by atoms with van der Waals surface area (Å²) in [6.45, 7) is 0.429. The molecular weight excluding hydrogens is 355 g/mol. The van der Waals surface area contributed by atoms with Crippen LogP contribution in [0.1, 0.15) is 17.5 Å². The van der Waals surface area contributed by atoms with Crippen LogP contribution in [-0.4, -0.2) is 14.8 Å². The molecule has 0 amide bonds. The lowest BCUT2D eigenvalue weighted by atomic mass is 9.77. The molecule has 1 unspecified atom stereocenters. The van der Waals surface area contributed by atoms with Gasteiger partial charge < -0.3 is 0 Å². The number of nitrogens with zero attached hydrogens (tertiary/aromatic N) is 4. The summed E-state index contributed by atoms with van der Waals surface area (Å²) in [5.41, 5.74) is 1.20. The van der Waals surface area contributed by atoms with Crippen molar-refractivity contribution in [3.8, 4) is 6.07 Å². The van der Waals surface area contributed by atoms with E-state index in [0.717, 1.165) is 11.1 Å². The predicted molar refractivity (Wildman–Crippen MR) is 98.5 cm³/mol. The number of rotatable bonds is 6. The number of nitriles is 1. The predicted octanol–water partition coefficient (Wildman–Crippen LogP) is 4.68. The number of hydrogen-bond donors (Lipinski definition) is 0. The molecule has 0 spiro atoms. The van der Waals surface area contributed by atoms with E-state index in [2.05, 4.69) is 16.2 Å². The largest absolute Gasteiger partial charge is 0.251 e. The SMILES string of the molecule is N#CC(CCc1ccc(Cl)cc1Cl)(Cn1cncn1)c1ccccc1. The summed E-state index contributed by atoms with van der Waals surface area (Å²) in [7, 11) is 0. The highest BCUT2D eigenvalue weighted by molar-refractivity contribution is 6.35. The third-order valence-corrected chi connectivity index (χ3v) is 4.86. The summed E-state index contributed by atoms with van der Waals surface area (Å²) in [4.78, 5) is 3.98. The first-order valence-electron chi connectivity index (χ1n) is 7.86. The molecule has 0 aliphatic heterocycles. The molecule has 4 nitrogen and oxygen atoms in total. The Morgan fingerprint density at radius 1 is 1.12 bits per heavy atom. The fraction of sp³-hybridized carbons (Fsp3) is 0.211. The average Bonchev–Trinajstić information content (AvgIpc) is 3.13. The van der Waals surface area contributed by atoms with E-state index in [1.807, 2.05) is 42.5 Å². The topological polar surface area (TPSA) is 54.5 Å². The Morgan fingerprint density at radius 3 is 2.56 bits per heavy atom. The van der Waals surface area contributed by atoms with Gasteiger partial charge in [-0.2, -0.15) is 10.4 Å². The Hall–Kier alpha value is -2.35. The number of aromatic nitrogens is 3. The van der Waals surface area contributed by atoms with E-state index in [-0.39, 0.29) is 0 Å². The molecule has 0 radical (unpaired) electrons. The Morgan fingerprint density at radius 2 is 1.92 bits per heavy atom. The molecule has 126 valence electrons. The normalized spacial score (nSPS) is 13.2. The van der Waals surface area contributed by atoms with E-state index in [1.165, 1.54) is 6.33 Å². The lowest BCUT2D eigenvalue weighted by Crippen LogP contribution is -2.31. The van der Waals surface area contributed by atoms with Crippen molar-refractivity contribution in [1.29, 1.82) is 5.26 Å². The molecule has 0 aliphatic rings. The van der Waals surface area contributed by atoms with Gasteiger partial charge in [-0.25, -0.2) is 4.98 Å². The van der Waals surface area contributed by atoms with Crippen LogP contribution in [0.5, 0.6) is 0 Å².